The van der Waals surface area contributed by atoms with E-state index in [1.807, 2.05) is 18.2 Å². The minimum atomic E-state index is -3.95. The second-order valence-corrected chi connectivity index (χ2v) is 10.5. The average Bonchev–Trinajstić information content (AvgIpc) is 3.06. The number of thioether (sulfide) groups is 1. The summed E-state index contributed by atoms with van der Waals surface area (Å²) in [5.41, 5.74) is 2.30. The second kappa shape index (κ2) is 10.3. The van der Waals surface area contributed by atoms with Crippen LogP contribution in [0.15, 0.2) is 70.5 Å². The highest BCUT2D eigenvalue weighted by atomic mass is 32.2. The molecular formula is C24H21N5O5S2. The van der Waals surface area contributed by atoms with Crippen LogP contribution in [0.2, 0.25) is 0 Å². The first-order chi connectivity index (χ1) is 17.1. The quantitative estimate of drug-likeness (QED) is 0.448. The predicted molar refractivity (Wildman–Crippen MR) is 137 cm³/mol. The summed E-state index contributed by atoms with van der Waals surface area (Å²) in [7, 11) is -3.95. The third-order valence-corrected chi connectivity index (χ3v) is 7.18. The van der Waals surface area contributed by atoms with E-state index in [9.17, 15) is 22.8 Å². The molecule has 184 valence electrons. The van der Waals surface area contributed by atoms with Gasteiger partial charge in [0.25, 0.3) is 21.2 Å². The minimum absolute atomic E-state index is 0.0385. The summed E-state index contributed by atoms with van der Waals surface area (Å²) < 4.78 is 27.6. The minimum Gasteiger partial charge on any atom is -0.325 e. The van der Waals surface area contributed by atoms with Crippen molar-refractivity contribution in [3.8, 4) is 0 Å². The highest BCUT2D eigenvalue weighted by molar-refractivity contribution is 8.18. The van der Waals surface area contributed by atoms with Gasteiger partial charge in [-0.3, -0.25) is 19.3 Å². The van der Waals surface area contributed by atoms with Crippen LogP contribution in [0.5, 0.6) is 0 Å². The second-order valence-electron chi connectivity index (χ2n) is 7.83. The van der Waals surface area contributed by atoms with Gasteiger partial charge in [0.05, 0.1) is 9.80 Å². The molecule has 36 heavy (non-hydrogen) atoms. The maximum atomic E-state index is 12.7. The Kier molecular flexibility index (Phi) is 7.17. The van der Waals surface area contributed by atoms with Crippen LogP contribution >= 0.6 is 11.8 Å². The molecule has 0 spiro atoms. The van der Waals surface area contributed by atoms with E-state index < -0.39 is 33.6 Å². The number of rotatable bonds is 7. The first kappa shape index (κ1) is 25.1. The number of hydrogen-bond acceptors (Lipinski definition) is 8. The van der Waals surface area contributed by atoms with Gasteiger partial charge in [0.15, 0.2) is 0 Å². The fourth-order valence-electron chi connectivity index (χ4n) is 3.35. The van der Waals surface area contributed by atoms with Gasteiger partial charge in [-0.05, 0) is 67.6 Å². The molecule has 2 aromatic carbocycles. The molecule has 1 saturated heterocycles. The number of aryl methyl sites for hydroxylation is 2. The number of aromatic nitrogens is 2. The topological polar surface area (TPSA) is 138 Å². The van der Waals surface area contributed by atoms with Gasteiger partial charge in [0, 0.05) is 17.1 Å². The van der Waals surface area contributed by atoms with E-state index in [-0.39, 0.29) is 15.7 Å². The highest BCUT2D eigenvalue weighted by Crippen LogP contribution is 2.32. The van der Waals surface area contributed by atoms with E-state index in [1.165, 1.54) is 24.3 Å². The van der Waals surface area contributed by atoms with Gasteiger partial charge >= 0.3 is 0 Å². The van der Waals surface area contributed by atoms with Gasteiger partial charge in [-0.15, -0.1) is 0 Å². The molecule has 0 unspecified atom stereocenters. The van der Waals surface area contributed by atoms with Gasteiger partial charge in [-0.1, -0.05) is 30.3 Å². The number of imide groups is 1. The van der Waals surface area contributed by atoms with Crippen LogP contribution in [-0.2, 0) is 19.6 Å². The zero-order valence-corrected chi connectivity index (χ0v) is 20.9. The Morgan fingerprint density at radius 2 is 1.64 bits per heavy atom. The molecule has 0 atom stereocenters. The zero-order valence-electron chi connectivity index (χ0n) is 19.3. The Morgan fingerprint density at radius 1 is 1.00 bits per heavy atom. The summed E-state index contributed by atoms with van der Waals surface area (Å²) in [5.74, 6) is -1.19. The van der Waals surface area contributed by atoms with Crippen molar-refractivity contribution in [2.45, 2.75) is 18.7 Å². The maximum Gasteiger partial charge on any atom is 0.294 e. The zero-order chi connectivity index (χ0) is 25.9. The number of carbonyl (C=O) groups is 3. The average molecular weight is 524 g/mol. The fraction of sp³-hybridized carbons (Fsp3) is 0.125. The summed E-state index contributed by atoms with van der Waals surface area (Å²) in [4.78, 5) is 46.5. The molecule has 1 aromatic heterocycles. The molecule has 1 fully saturated rings. The molecule has 4 rings (SSSR count). The summed E-state index contributed by atoms with van der Waals surface area (Å²) >= 11 is 0.767. The first-order valence-corrected chi connectivity index (χ1v) is 13.0. The van der Waals surface area contributed by atoms with E-state index in [2.05, 4.69) is 20.0 Å². The number of amides is 3. The standard InChI is InChI=1S/C24H21N5O5S2/c1-15-12-16(2)26-23(25-15)28-36(33,34)19-10-8-18(9-11-19)27-21(30)14-29-22(31)20(35-24(29)32)13-17-6-4-3-5-7-17/h3-13H,14H2,1-2H3,(H,27,30)(H,25,26,28)/b20-13-. The van der Waals surface area contributed by atoms with Gasteiger partial charge < -0.3 is 5.32 Å². The highest BCUT2D eigenvalue weighted by Gasteiger charge is 2.36. The first-order valence-electron chi connectivity index (χ1n) is 10.7. The molecule has 0 aliphatic carbocycles. The SMILES string of the molecule is Cc1cc(C)nc(NS(=O)(=O)c2ccc(NC(=O)CN3C(=O)S/C(=C\c4ccccc4)C3=O)cc2)n1. The van der Waals surface area contributed by atoms with Crippen molar-refractivity contribution in [1.82, 2.24) is 14.9 Å². The van der Waals surface area contributed by atoms with Crippen LogP contribution in [-0.4, -0.2) is 46.9 Å². The van der Waals surface area contributed by atoms with E-state index in [0.717, 1.165) is 22.2 Å². The lowest BCUT2D eigenvalue weighted by Crippen LogP contribution is -2.36. The molecule has 0 saturated carbocycles. The van der Waals surface area contributed by atoms with Gasteiger partial charge in [0.2, 0.25) is 11.9 Å². The number of anilines is 2. The lowest BCUT2D eigenvalue weighted by molar-refractivity contribution is -0.127. The van der Waals surface area contributed by atoms with Crippen molar-refractivity contribution in [3.63, 3.8) is 0 Å². The van der Waals surface area contributed by atoms with Gasteiger partial charge in [-0.25, -0.2) is 23.1 Å². The van der Waals surface area contributed by atoms with Crippen molar-refractivity contribution in [1.29, 1.82) is 0 Å². The molecule has 0 radical (unpaired) electrons. The molecule has 2 heterocycles. The Morgan fingerprint density at radius 3 is 2.28 bits per heavy atom. The van der Waals surface area contributed by atoms with Crippen molar-refractivity contribution in [3.05, 3.63) is 82.5 Å². The third-order valence-electron chi connectivity index (χ3n) is 4.93. The molecule has 12 heteroatoms. The lowest BCUT2D eigenvalue weighted by Gasteiger charge is -2.13. The Bertz CT molecular complexity index is 1450. The molecule has 2 N–H and O–H groups in total. The van der Waals surface area contributed by atoms with Crippen molar-refractivity contribution in [2.24, 2.45) is 0 Å². The molecule has 10 nitrogen and oxygen atoms in total. The molecular weight excluding hydrogens is 502 g/mol. The number of sulfonamides is 1. The van der Waals surface area contributed by atoms with Crippen molar-refractivity contribution < 1.29 is 22.8 Å². The molecule has 1 aliphatic rings. The third kappa shape index (κ3) is 5.96. The van der Waals surface area contributed by atoms with Crippen LogP contribution in [0.3, 0.4) is 0 Å². The summed E-state index contributed by atoms with van der Waals surface area (Å²) in [6, 6.07) is 16.2. The van der Waals surface area contributed by atoms with E-state index in [4.69, 9.17) is 0 Å². The number of nitrogens with one attached hydrogen (secondary N) is 2. The number of hydrogen-bond donors (Lipinski definition) is 2. The van der Waals surface area contributed by atoms with Crippen LogP contribution in [0.1, 0.15) is 17.0 Å². The number of nitrogens with zero attached hydrogens (tertiary/aromatic N) is 3. The Balaban J connectivity index is 1.39. The molecule has 0 bridgehead atoms. The normalized spacial score (nSPS) is 14.8. The maximum absolute atomic E-state index is 12.7. The van der Waals surface area contributed by atoms with Crippen molar-refractivity contribution in [2.75, 3.05) is 16.6 Å². The van der Waals surface area contributed by atoms with Gasteiger partial charge in [-0.2, -0.15) is 0 Å². The molecule has 3 aromatic rings. The smallest absolute Gasteiger partial charge is 0.294 e. The van der Waals surface area contributed by atoms with Crippen LogP contribution in [0.25, 0.3) is 6.08 Å². The summed E-state index contributed by atoms with van der Waals surface area (Å²) in [5, 5.41) is 2.02. The Labute approximate surface area is 211 Å². The van der Waals surface area contributed by atoms with E-state index >= 15 is 0 Å². The van der Waals surface area contributed by atoms with E-state index in [1.54, 1.807) is 38.1 Å². The predicted octanol–water partition coefficient (Wildman–Crippen LogP) is 3.57. The lowest BCUT2D eigenvalue weighted by atomic mass is 10.2. The number of carbonyl (C=O) groups excluding carboxylic acids is 3. The summed E-state index contributed by atoms with van der Waals surface area (Å²) in [6.45, 7) is 2.99. The fourth-order valence-corrected chi connectivity index (χ4v) is 5.13. The van der Waals surface area contributed by atoms with Gasteiger partial charge in [0.1, 0.15) is 6.54 Å². The Hall–Kier alpha value is -4.03. The summed E-state index contributed by atoms with van der Waals surface area (Å²) in [6.07, 6.45) is 1.60. The van der Waals surface area contributed by atoms with Crippen LogP contribution in [0.4, 0.5) is 16.4 Å². The monoisotopic (exact) mass is 523 g/mol. The largest absolute Gasteiger partial charge is 0.325 e. The van der Waals surface area contributed by atoms with Crippen molar-refractivity contribution >= 4 is 56.6 Å². The molecule has 3 amide bonds. The molecule has 1 aliphatic heterocycles. The van der Waals surface area contributed by atoms with Crippen LogP contribution < -0.4 is 10.0 Å². The number of benzene rings is 2. The van der Waals surface area contributed by atoms with Crippen LogP contribution in [0, 0.1) is 13.8 Å². The van der Waals surface area contributed by atoms with E-state index in [0.29, 0.717) is 17.1 Å².